The van der Waals surface area contributed by atoms with Gasteiger partial charge in [0.2, 0.25) is 5.88 Å². The minimum Gasteiger partial charge on any atom is -0.476 e. The monoisotopic (exact) mass is 251 g/mol. The van der Waals surface area contributed by atoms with Crippen LogP contribution in [-0.4, -0.2) is 37.4 Å². The summed E-state index contributed by atoms with van der Waals surface area (Å²) in [4.78, 5) is 6.78. The number of aromatic nitrogens is 1. The van der Waals surface area contributed by atoms with Crippen molar-refractivity contribution < 1.29 is 9.47 Å². The quantitative estimate of drug-likeness (QED) is 0.882. The molecule has 1 fully saturated rings. The van der Waals surface area contributed by atoms with E-state index in [1.54, 1.807) is 0 Å². The van der Waals surface area contributed by atoms with Gasteiger partial charge in [0.1, 0.15) is 5.82 Å². The van der Waals surface area contributed by atoms with Gasteiger partial charge in [-0.15, -0.1) is 0 Å². The van der Waals surface area contributed by atoms with Crippen LogP contribution in [0.1, 0.15) is 20.3 Å². The lowest BCUT2D eigenvalue weighted by Crippen LogP contribution is -2.45. The minimum absolute atomic E-state index is 0.379. The van der Waals surface area contributed by atoms with Gasteiger partial charge in [0, 0.05) is 6.54 Å². The van der Waals surface area contributed by atoms with Crippen LogP contribution >= 0.6 is 0 Å². The van der Waals surface area contributed by atoms with E-state index in [-0.39, 0.29) is 0 Å². The van der Waals surface area contributed by atoms with Crippen molar-refractivity contribution in [2.24, 2.45) is 0 Å². The minimum atomic E-state index is 0.379. The smallest absolute Gasteiger partial charge is 0.239 e. The summed E-state index contributed by atoms with van der Waals surface area (Å²) in [6.07, 6.45) is 1.04. The van der Waals surface area contributed by atoms with Gasteiger partial charge in [0.05, 0.1) is 31.5 Å². The number of anilines is 2. The molecular weight excluding hydrogens is 230 g/mol. The van der Waals surface area contributed by atoms with E-state index in [1.807, 2.05) is 19.1 Å². The Hall–Kier alpha value is -1.49. The lowest BCUT2D eigenvalue weighted by Gasteiger charge is -2.36. The summed E-state index contributed by atoms with van der Waals surface area (Å²) < 4.78 is 10.9. The molecule has 0 aliphatic carbocycles. The first kappa shape index (κ1) is 13.0. The summed E-state index contributed by atoms with van der Waals surface area (Å²) in [6, 6.07) is 4.19. The SMILES string of the molecule is CCOc1nc(N2CCOCC2CC)ccc1N. The van der Waals surface area contributed by atoms with E-state index in [4.69, 9.17) is 15.2 Å². The maximum Gasteiger partial charge on any atom is 0.239 e. The van der Waals surface area contributed by atoms with Gasteiger partial charge >= 0.3 is 0 Å². The van der Waals surface area contributed by atoms with E-state index < -0.39 is 0 Å². The van der Waals surface area contributed by atoms with Crippen molar-refractivity contribution in [2.45, 2.75) is 26.3 Å². The van der Waals surface area contributed by atoms with Gasteiger partial charge in [-0.2, -0.15) is 4.98 Å². The summed E-state index contributed by atoms with van der Waals surface area (Å²) in [5.41, 5.74) is 6.43. The van der Waals surface area contributed by atoms with Gasteiger partial charge in [-0.25, -0.2) is 0 Å². The number of rotatable bonds is 4. The average molecular weight is 251 g/mol. The molecule has 18 heavy (non-hydrogen) atoms. The second-order valence-electron chi connectivity index (χ2n) is 4.33. The molecule has 1 aromatic rings. The Bertz CT molecular complexity index is 398. The fourth-order valence-electron chi connectivity index (χ4n) is 2.15. The normalized spacial score (nSPS) is 19.9. The molecular formula is C13H21N3O2. The second kappa shape index (κ2) is 5.91. The highest BCUT2D eigenvalue weighted by Gasteiger charge is 2.23. The third-order valence-electron chi connectivity index (χ3n) is 3.15. The number of nitrogens with zero attached hydrogens (tertiary/aromatic N) is 2. The first-order valence-corrected chi connectivity index (χ1v) is 6.50. The highest BCUT2D eigenvalue weighted by molar-refractivity contribution is 5.55. The fourth-order valence-corrected chi connectivity index (χ4v) is 2.15. The number of nitrogens with two attached hydrogens (primary N) is 1. The zero-order valence-electron chi connectivity index (χ0n) is 11.1. The van der Waals surface area contributed by atoms with E-state index in [1.165, 1.54) is 0 Å². The largest absolute Gasteiger partial charge is 0.476 e. The molecule has 0 saturated carbocycles. The summed E-state index contributed by atoms with van der Waals surface area (Å²) in [6.45, 7) is 7.02. The van der Waals surface area contributed by atoms with E-state index >= 15 is 0 Å². The molecule has 0 bridgehead atoms. The molecule has 1 saturated heterocycles. The standard InChI is InChI=1S/C13H21N3O2/c1-3-10-9-17-8-7-16(10)12-6-5-11(14)13(15-12)18-4-2/h5-6,10H,3-4,7-9,14H2,1-2H3. The Kier molecular flexibility index (Phi) is 4.25. The average Bonchev–Trinajstić information content (AvgIpc) is 2.41. The molecule has 1 aliphatic heterocycles. The number of ether oxygens (including phenoxy) is 2. The zero-order chi connectivity index (χ0) is 13.0. The predicted molar refractivity (Wildman–Crippen MR) is 72.1 cm³/mol. The first-order valence-electron chi connectivity index (χ1n) is 6.50. The number of morpholine rings is 1. The van der Waals surface area contributed by atoms with Crippen molar-refractivity contribution in [1.29, 1.82) is 0 Å². The Morgan fingerprint density at radius 3 is 3.06 bits per heavy atom. The van der Waals surface area contributed by atoms with Gasteiger partial charge < -0.3 is 20.1 Å². The van der Waals surface area contributed by atoms with Crippen LogP contribution in [0.15, 0.2) is 12.1 Å². The van der Waals surface area contributed by atoms with Gasteiger partial charge in [-0.3, -0.25) is 0 Å². The molecule has 1 atom stereocenters. The van der Waals surface area contributed by atoms with Crippen LogP contribution in [0, 0.1) is 0 Å². The molecule has 1 aromatic heterocycles. The lowest BCUT2D eigenvalue weighted by atomic mass is 10.2. The lowest BCUT2D eigenvalue weighted by molar-refractivity contribution is 0.0925. The fraction of sp³-hybridized carbons (Fsp3) is 0.615. The van der Waals surface area contributed by atoms with E-state index in [0.29, 0.717) is 24.2 Å². The molecule has 0 spiro atoms. The van der Waals surface area contributed by atoms with Crippen LogP contribution in [0.25, 0.3) is 0 Å². The maximum absolute atomic E-state index is 5.84. The topological polar surface area (TPSA) is 60.6 Å². The second-order valence-corrected chi connectivity index (χ2v) is 4.33. The Morgan fingerprint density at radius 1 is 1.50 bits per heavy atom. The number of hydrogen-bond donors (Lipinski definition) is 1. The number of hydrogen-bond acceptors (Lipinski definition) is 5. The summed E-state index contributed by atoms with van der Waals surface area (Å²) in [5.74, 6) is 1.44. The van der Waals surface area contributed by atoms with Crippen molar-refractivity contribution in [3.63, 3.8) is 0 Å². The van der Waals surface area contributed by atoms with Crippen LogP contribution in [0.5, 0.6) is 5.88 Å². The molecule has 5 heteroatoms. The van der Waals surface area contributed by atoms with E-state index in [0.717, 1.165) is 32.0 Å². The zero-order valence-corrected chi connectivity index (χ0v) is 11.1. The van der Waals surface area contributed by atoms with Crippen molar-refractivity contribution in [2.75, 3.05) is 37.0 Å². The maximum atomic E-state index is 5.84. The first-order chi connectivity index (χ1) is 8.76. The predicted octanol–water partition coefficient (Wildman–Crippen LogP) is 1.68. The summed E-state index contributed by atoms with van der Waals surface area (Å²) in [5, 5.41) is 0. The van der Waals surface area contributed by atoms with Gasteiger partial charge in [-0.05, 0) is 25.5 Å². The summed E-state index contributed by atoms with van der Waals surface area (Å²) >= 11 is 0. The van der Waals surface area contributed by atoms with Crippen LogP contribution in [0.4, 0.5) is 11.5 Å². The highest BCUT2D eigenvalue weighted by atomic mass is 16.5. The van der Waals surface area contributed by atoms with Crippen molar-refractivity contribution in [1.82, 2.24) is 4.98 Å². The van der Waals surface area contributed by atoms with Crippen LogP contribution in [0.3, 0.4) is 0 Å². The van der Waals surface area contributed by atoms with Gasteiger partial charge in [-0.1, -0.05) is 6.92 Å². The highest BCUT2D eigenvalue weighted by Crippen LogP contribution is 2.26. The van der Waals surface area contributed by atoms with Crippen LogP contribution in [-0.2, 0) is 4.74 Å². The van der Waals surface area contributed by atoms with Crippen molar-refractivity contribution in [3.05, 3.63) is 12.1 Å². The summed E-state index contributed by atoms with van der Waals surface area (Å²) in [7, 11) is 0. The Morgan fingerprint density at radius 2 is 2.33 bits per heavy atom. The van der Waals surface area contributed by atoms with Crippen LogP contribution in [0.2, 0.25) is 0 Å². The molecule has 5 nitrogen and oxygen atoms in total. The number of pyridine rings is 1. The molecule has 2 heterocycles. The van der Waals surface area contributed by atoms with Crippen LogP contribution < -0.4 is 15.4 Å². The molecule has 1 unspecified atom stereocenters. The Labute approximate surface area is 108 Å². The molecule has 1 aliphatic rings. The molecule has 0 amide bonds. The molecule has 2 N–H and O–H groups in total. The van der Waals surface area contributed by atoms with Gasteiger partial charge in [0.25, 0.3) is 0 Å². The van der Waals surface area contributed by atoms with Crippen molar-refractivity contribution in [3.8, 4) is 5.88 Å². The van der Waals surface area contributed by atoms with Crippen molar-refractivity contribution >= 4 is 11.5 Å². The van der Waals surface area contributed by atoms with Gasteiger partial charge in [0.15, 0.2) is 0 Å². The molecule has 0 aromatic carbocycles. The van der Waals surface area contributed by atoms with E-state index in [2.05, 4.69) is 16.8 Å². The molecule has 0 radical (unpaired) electrons. The Balaban J connectivity index is 2.23. The third-order valence-corrected chi connectivity index (χ3v) is 3.15. The third kappa shape index (κ3) is 2.67. The van der Waals surface area contributed by atoms with E-state index in [9.17, 15) is 0 Å². The molecule has 100 valence electrons. The molecule has 2 rings (SSSR count). The number of nitrogen functional groups attached to an aromatic ring is 1.